The number of likely N-dealkylation sites (tertiary alicyclic amines) is 1. The number of hydrogen-bond donors (Lipinski definition) is 3. The number of sulfonamides is 1. The highest BCUT2D eigenvalue weighted by atomic mass is 32.2. The monoisotopic (exact) mass is 486 g/mol. The van der Waals surface area contributed by atoms with Crippen molar-refractivity contribution in [3.8, 4) is 0 Å². The number of aliphatic hydroxyl groups excluding tert-OH is 1. The zero-order valence-corrected chi connectivity index (χ0v) is 18.5. The van der Waals surface area contributed by atoms with Crippen LogP contribution in [0.4, 0.5) is 25.0 Å². The van der Waals surface area contributed by atoms with E-state index in [0.29, 0.717) is 38.2 Å². The highest BCUT2D eigenvalue weighted by molar-refractivity contribution is 7.92. The summed E-state index contributed by atoms with van der Waals surface area (Å²) in [6.07, 6.45) is 1.42. The Balaban J connectivity index is 1.72. The van der Waals surface area contributed by atoms with Crippen molar-refractivity contribution in [3.63, 3.8) is 0 Å². The smallest absolute Gasteiger partial charge is 0.409 e. The van der Waals surface area contributed by atoms with Crippen molar-refractivity contribution in [1.29, 1.82) is 0 Å². The number of pyridine rings is 1. The average Bonchev–Trinajstić information content (AvgIpc) is 3.33. The molecule has 0 unspecified atom stereocenters. The topological polar surface area (TPSA) is 141 Å². The summed E-state index contributed by atoms with van der Waals surface area (Å²) in [5.74, 6) is -0.172. The first-order valence-corrected chi connectivity index (χ1v) is 11.7. The van der Waals surface area contributed by atoms with Gasteiger partial charge in [-0.15, -0.1) is 0 Å². The molecule has 4 rings (SSSR count). The molecule has 2 aliphatic rings. The molecule has 3 N–H and O–H groups in total. The van der Waals surface area contributed by atoms with Crippen molar-refractivity contribution in [2.24, 2.45) is 5.92 Å². The summed E-state index contributed by atoms with van der Waals surface area (Å²) in [6, 6.07) is 1.37. The van der Waals surface area contributed by atoms with Crippen LogP contribution in [-0.2, 0) is 16.4 Å². The molecule has 0 spiro atoms. The van der Waals surface area contributed by atoms with Crippen LogP contribution in [0.5, 0.6) is 0 Å². The fourth-order valence-electron chi connectivity index (χ4n) is 4.35. The van der Waals surface area contributed by atoms with Crippen molar-refractivity contribution in [2.75, 3.05) is 35.8 Å². The van der Waals surface area contributed by atoms with Gasteiger partial charge in [0.2, 0.25) is 0 Å². The van der Waals surface area contributed by atoms with E-state index >= 15 is 0 Å². The number of nitrogens with zero attached hydrogens (tertiary/aromatic N) is 5. The lowest BCUT2D eigenvalue weighted by atomic mass is 9.97. The van der Waals surface area contributed by atoms with Crippen LogP contribution in [0.25, 0.3) is 0 Å². The second-order valence-corrected chi connectivity index (χ2v) is 10.1. The van der Waals surface area contributed by atoms with Gasteiger partial charge in [-0.2, -0.15) is 13.9 Å². The number of carbonyl (C=O) groups is 1. The molecule has 1 amide bonds. The van der Waals surface area contributed by atoms with Crippen molar-refractivity contribution in [2.45, 2.75) is 37.3 Å². The van der Waals surface area contributed by atoms with Gasteiger partial charge in [0.05, 0.1) is 41.3 Å². The second-order valence-electron chi connectivity index (χ2n) is 8.26. The van der Waals surface area contributed by atoms with Crippen molar-refractivity contribution in [3.05, 3.63) is 29.8 Å². The number of aliphatic hydroxyl groups is 1. The van der Waals surface area contributed by atoms with Crippen LogP contribution in [0.3, 0.4) is 0 Å². The van der Waals surface area contributed by atoms with E-state index in [-0.39, 0.29) is 39.1 Å². The van der Waals surface area contributed by atoms with E-state index < -0.39 is 28.8 Å². The van der Waals surface area contributed by atoms with E-state index in [9.17, 15) is 27.1 Å². The molecule has 2 atom stereocenters. The highest BCUT2D eigenvalue weighted by Crippen LogP contribution is 2.36. The Bertz CT molecular complexity index is 1160. The molecule has 4 heterocycles. The van der Waals surface area contributed by atoms with Gasteiger partial charge in [-0.1, -0.05) is 0 Å². The predicted molar refractivity (Wildman–Crippen MR) is 113 cm³/mol. The van der Waals surface area contributed by atoms with Gasteiger partial charge in [0.1, 0.15) is 4.90 Å². The lowest BCUT2D eigenvalue weighted by Gasteiger charge is -2.36. The zero-order chi connectivity index (χ0) is 23.9. The number of amides is 1. The highest BCUT2D eigenvalue weighted by Gasteiger charge is 2.37. The van der Waals surface area contributed by atoms with Gasteiger partial charge < -0.3 is 15.1 Å². The molecule has 14 heteroatoms. The van der Waals surface area contributed by atoms with Gasteiger partial charge in [-0.25, -0.2) is 17.9 Å². The van der Waals surface area contributed by atoms with Gasteiger partial charge in [-0.3, -0.25) is 14.6 Å². The van der Waals surface area contributed by atoms with Crippen LogP contribution in [0.1, 0.15) is 24.4 Å². The van der Waals surface area contributed by atoms with Crippen LogP contribution < -0.4 is 9.62 Å². The van der Waals surface area contributed by atoms with E-state index in [1.165, 1.54) is 19.2 Å². The van der Waals surface area contributed by atoms with Crippen molar-refractivity contribution >= 4 is 27.5 Å². The Morgan fingerprint density at radius 1 is 1.36 bits per heavy atom. The number of rotatable bonds is 6. The van der Waals surface area contributed by atoms with Crippen LogP contribution >= 0.6 is 0 Å². The quantitative estimate of drug-likeness (QED) is 0.558. The fraction of sp³-hybridized carbons (Fsp3) is 0.526. The number of anilines is 2. The molecule has 2 aromatic heterocycles. The maximum atomic E-state index is 13.6. The summed E-state index contributed by atoms with van der Waals surface area (Å²) in [6.45, 7) is 0.0789. The summed E-state index contributed by atoms with van der Waals surface area (Å²) < 4.78 is 54.8. The number of carboxylic acid groups (broad SMARTS) is 1. The predicted octanol–water partition coefficient (Wildman–Crippen LogP) is 1.51. The Labute approximate surface area is 188 Å². The number of alkyl halides is 2. The molecule has 0 aromatic carbocycles. The van der Waals surface area contributed by atoms with Crippen LogP contribution in [-0.4, -0.2) is 76.7 Å². The van der Waals surface area contributed by atoms with Crippen LogP contribution in [0.15, 0.2) is 23.4 Å². The number of nitrogens with one attached hydrogen (secondary N) is 1. The number of β-amino-alcohol motifs (C(OH)–C–C–N with tert-alkyl or cyclic N) is 1. The minimum atomic E-state index is -4.31. The molecule has 2 aliphatic heterocycles. The lowest BCUT2D eigenvalue weighted by molar-refractivity contribution is 0.0561. The molecular weight excluding hydrogens is 462 g/mol. The summed E-state index contributed by atoms with van der Waals surface area (Å²) in [4.78, 5) is 17.0. The molecule has 0 aliphatic carbocycles. The molecule has 0 saturated carbocycles. The number of fused-ring (bicyclic) bond motifs is 1. The van der Waals surface area contributed by atoms with Crippen LogP contribution in [0.2, 0.25) is 0 Å². The third-order valence-electron chi connectivity index (χ3n) is 5.78. The molecule has 0 radical (unpaired) electrons. The maximum absolute atomic E-state index is 13.6. The van der Waals surface area contributed by atoms with Gasteiger partial charge in [0.25, 0.3) is 10.0 Å². The molecular formula is C19H24F2N6O5S. The molecule has 11 nitrogen and oxygen atoms in total. The maximum Gasteiger partial charge on any atom is 0.409 e. The first kappa shape index (κ1) is 23.3. The van der Waals surface area contributed by atoms with E-state index in [0.717, 1.165) is 10.5 Å². The molecule has 2 aromatic rings. The zero-order valence-electron chi connectivity index (χ0n) is 17.7. The third kappa shape index (κ3) is 4.77. The van der Waals surface area contributed by atoms with Gasteiger partial charge in [0.15, 0.2) is 0 Å². The molecule has 1 fully saturated rings. The molecule has 33 heavy (non-hydrogen) atoms. The van der Waals surface area contributed by atoms with Crippen molar-refractivity contribution in [1.82, 2.24) is 19.7 Å². The van der Waals surface area contributed by atoms with E-state index in [1.807, 2.05) is 4.90 Å². The normalized spacial score (nSPS) is 21.4. The second kappa shape index (κ2) is 8.83. The first-order chi connectivity index (χ1) is 15.5. The number of hydrogen-bond acceptors (Lipinski definition) is 7. The Kier molecular flexibility index (Phi) is 6.24. The molecule has 180 valence electrons. The van der Waals surface area contributed by atoms with Crippen molar-refractivity contribution < 1.29 is 32.2 Å². The first-order valence-electron chi connectivity index (χ1n) is 10.3. The Hall–Kier alpha value is -2.84. The van der Waals surface area contributed by atoms with Crippen LogP contribution in [0, 0.1) is 12.8 Å². The van der Waals surface area contributed by atoms with E-state index in [2.05, 4.69) is 15.4 Å². The summed E-state index contributed by atoms with van der Waals surface area (Å²) >= 11 is 0. The fourth-order valence-corrected chi connectivity index (χ4v) is 6.06. The largest absolute Gasteiger partial charge is 0.465 e. The summed E-state index contributed by atoms with van der Waals surface area (Å²) in [5.41, 5.74) is 0.643. The van der Waals surface area contributed by atoms with Gasteiger partial charge in [0, 0.05) is 26.2 Å². The Morgan fingerprint density at radius 2 is 2.12 bits per heavy atom. The SMILES string of the molecule is Cc1nn(C(F)F)cc1S(=O)(=O)N1C[C@H](CN2CC[C@@H](O)C2)Cc2ncc(NC(=O)O)cc21. The number of halogens is 2. The third-order valence-corrected chi connectivity index (χ3v) is 7.66. The Morgan fingerprint density at radius 3 is 2.73 bits per heavy atom. The summed E-state index contributed by atoms with van der Waals surface area (Å²) in [5, 5.41) is 24.6. The average molecular weight is 487 g/mol. The van der Waals surface area contributed by atoms with E-state index in [4.69, 9.17) is 5.11 Å². The minimum Gasteiger partial charge on any atom is -0.465 e. The minimum absolute atomic E-state index is 0.0411. The van der Waals surface area contributed by atoms with Gasteiger partial charge >= 0.3 is 12.6 Å². The molecule has 0 bridgehead atoms. The standard InChI is InChI=1S/C19H24F2N6O5S/c1-11-17(10-26(24-11)18(20)21)33(31,32)27-8-12(7-25-3-2-14(28)9-25)4-15-16(27)5-13(6-22-15)23-19(29)30/h5-6,10,12,14,18,23,28H,2-4,7-9H2,1H3,(H,29,30)/t12-,14+/m0/s1. The number of aryl methyl sites for hydroxylation is 1. The summed E-state index contributed by atoms with van der Waals surface area (Å²) in [7, 11) is -4.31. The van der Waals surface area contributed by atoms with Gasteiger partial charge in [-0.05, 0) is 31.7 Å². The number of aromatic nitrogens is 3. The molecule has 1 saturated heterocycles. The van der Waals surface area contributed by atoms with E-state index in [1.54, 1.807) is 0 Å². The lowest BCUT2D eigenvalue weighted by Crippen LogP contribution is -2.44.